The summed E-state index contributed by atoms with van der Waals surface area (Å²) in [6, 6.07) is 6.45. The maximum Gasteiger partial charge on any atom is 0.325 e. The van der Waals surface area contributed by atoms with E-state index >= 15 is 0 Å². The standard InChI is InChI=1S/C11H8N4O3/c12-4-6-1-2-8-7(3-6)10(11(13)18)14-15(8)5-9(16)17/h1-3H,5H2,(H2,13,18)(H,16,17). The third-order valence-electron chi connectivity index (χ3n) is 2.40. The molecule has 0 spiro atoms. The van der Waals surface area contributed by atoms with Gasteiger partial charge >= 0.3 is 5.97 Å². The van der Waals surface area contributed by atoms with E-state index in [1.165, 1.54) is 22.9 Å². The first-order valence-corrected chi connectivity index (χ1v) is 4.95. The van der Waals surface area contributed by atoms with Gasteiger partial charge in [-0.3, -0.25) is 14.3 Å². The fourth-order valence-electron chi connectivity index (χ4n) is 1.68. The molecule has 7 nitrogen and oxygen atoms in total. The average molecular weight is 244 g/mol. The van der Waals surface area contributed by atoms with E-state index in [4.69, 9.17) is 16.1 Å². The number of carbonyl (C=O) groups is 2. The fraction of sp³-hybridized carbons (Fsp3) is 0.0909. The van der Waals surface area contributed by atoms with Crippen molar-refractivity contribution in [1.29, 1.82) is 5.26 Å². The van der Waals surface area contributed by atoms with Crippen molar-refractivity contribution in [3.63, 3.8) is 0 Å². The Hall–Kier alpha value is -2.88. The lowest BCUT2D eigenvalue weighted by Crippen LogP contribution is -2.14. The van der Waals surface area contributed by atoms with Crippen LogP contribution in [-0.4, -0.2) is 26.8 Å². The molecule has 1 heterocycles. The summed E-state index contributed by atoms with van der Waals surface area (Å²) in [4.78, 5) is 21.9. The van der Waals surface area contributed by atoms with E-state index in [0.717, 1.165) is 0 Å². The van der Waals surface area contributed by atoms with Gasteiger partial charge in [-0.1, -0.05) is 0 Å². The molecule has 1 amide bonds. The van der Waals surface area contributed by atoms with E-state index in [2.05, 4.69) is 5.10 Å². The number of aliphatic carboxylic acids is 1. The fourth-order valence-corrected chi connectivity index (χ4v) is 1.68. The second-order valence-electron chi connectivity index (χ2n) is 3.61. The van der Waals surface area contributed by atoms with Crippen LogP contribution in [0.1, 0.15) is 16.1 Å². The number of rotatable bonds is 3. The topological polar surface area (TPSA) is 122 Å². The molecule has 0 bridgehead atoms. The van der Waals surface area contributed by atoms with Crippen LogP contribution in [0.3, 0.4) is 0 Å². The molecule has 3 N–H and O–H groups in total. The molecule has 90 valence electrons. The maximum atomic E-state index is 11.2. The number of hydrogen-bond acceptors (Lipinski definition) is 4. The van der Waals surface area contributed by atoms with E-state index in [0.29, 0.717) is 16.5 Å². The number of amides is 1. The second kappa shape index (κ2) is 4.18. The van der Waals surface area contributed by atoms with E-state index < -0.39 is 11.9 Å². The molecule has 0 saturated heterocycles. The molecular formula is C11H8N4O3. The Labute approximate surface area is 101 Å². The summed E-state index contributed by atoms with van der Waals surface area (Å²) in [5, 5.41) is 21.8. The maximum absolute atomic E-state index is 11.2. The van der Waals surface area contributed by atoms with E-state index in [1.54, 1.807) is 0 Å². The lowest BCUT2D eigenvalue weighted by atomic mass is 10.1. The second-order valence-corrected chi connectivity index (χ2v) is 3.61. The van der Waals surface area contributed by atoms with Gasteiger partial charge in [0.15, 0.2) is 5.69 Å². The summed E-state index contributed by atoms with van der Waals surface area (Å²) in [7, 11) is 0. The van der Waals surface area contributed by atoms with Crippen molar-refractivity contribution in [1.82, 2.24) is 9.78 Å². The first-order valence-electron chi connectivity index (χ1n) is 4.95. The van der Waals surface area contributed by atoms with Gasteiger partial charge in [-0.15, -0.1) is 0 Å². The molecule has 0 fully saturated rings. The Balaban J connectivity index is 2.72. The van der Waals surface area contributed by atoms with Crippen LogP contribution in [0, 0.1) is 11.3 Å². The minimum atomic E-state index is -1.08. The van der Waals surface area contributed by atoms with Crippen molar-refractivity contribution in [3.8, 4) is 6.07 Å². The van der Waals surface area contributed by atoms with Gasteiger partial charge in [0.05, 0.1) is 17.1 Å². The van der Waals surface area contributed by atoms with Gasteiger partial charge in [0, 0.05) is 5.39 Å². The molecule has 0 atom stereocenters. The molecule has 1 aromatic heterocycles. The average Bonchev–Trinajstić information content (AvgIpc) is 2.66. The number of carbonyl (C=O) groups excluding carboxylic acids is 1. The van der Waals surface area contributed by atoms with E-state index in [1.807, 2.05) is 6.07 Å². The van der Waals surface area contributed by atoms with Gasteiger partial charge in [-0.2, -0.15) is 10.4 Å². The van der Waals surface area contributed by atoms with Crippen molar-refractivity contribution >= 4 is 22.8 Å². The van der Waals surface area contributed by atoms with Crippen LogP contribution in [0.5, 0.6) is 0 Å². The molecule has 1 aromatic carbocycles. The molecule has 0 aliphatic carbocycles. The first kappa shape index (κ1) is 11.6. The van der Waals surface area contributed by atoms with Crippen LogP contribution >= 0.6 is 0 Å². The number of carboxylic acids is 1. The lowest BCUT2D eigenvalue weighted by molar-refractivity contribution is -0.137. The molecule has 7 heteroatoms. The van der Waals surface area contributed by atoms with Crippen LogP contribution in [0.4, 0.5) is 0 Å². The van der Waals surface area contributed by atoms with Crippen molar-refractivity contribution in [3.05, 3.63) is 29.5 Å². The van der Waals surface area contributed by atoms with E-state index in [9.17, 15) is 9.59 Å². The zero-order valence-corrected chi connectivity index (χ0v) is 9.12. The Morgan fingerprint density at radius 3 is 2.78 bits per heavy atom. The van der Waals surface area contributed by atoms with Gasteiger partial charge < -0.3 is 10.8 Å². The summed E-state index contributed by atoms with van der Waals surface area (Å²) < 4.78 is 1.17. The highest BCUT2D eigenvalue weighted by Gasteiger charge is 2.16. The Morgan fingerprint density at radius 1 is 1.50 bits per heavy atom. The molecular weight excluding hydrogens is 236 g/mol. The smallest absolute Gasteiger partial charge is 0.325 e. The zero-order valence-electron chi connectivity index (χ0n) is 9.12. The molecule has 2 rings (SSSR count). The molecule has 2 aromatic rings. The molecule has 0 aliphatic heterocycles. The van der Waals surface area contributed by atoms with Gasteiger partial charge in [-0.05, 0) is 18.2 Å². The Bertz CT molecular complexity index is 696. The number of aromatic nitrogens is 2. The van der Waals surface area contributed by atoms with Crippen LogP contribution in [0.15, 0.2) is 18.2 Å². The van der Waals surface area contributed by atoms with Crippen molar-refractivity contribution in [2.24, 2.45) is 5.73 Å². The van der Waals surface area contributed by atoms with Crippen LogP contribution in [0.25, 0.3) is 10.9 Å². The molecule has 18 heavy (non-hydrogen) atoms. The number of nitrogens with zero attached hydrogens (tertiary/aromatic N) is 3. The number of primary amides is 1. The Kier molecular flexibility index (Phi) is 2.69. The molecule has 0 unspecified atom stereocenters. The van der Waals surface area contributed by atoms with Gasteiger partial charge in [0.1, 0.15) is 6.54 Å². The minimum Gasteiger partial charge on any atom is -0.480 e. The first-order chi connectivity index (χ1) is 8.52. The predicted molar refractivity (Wildman–Crippen MR) is 60.6 cm³/mol. The highest BCUT2D eigenvalue weighted by molar-refractivity contribution is 6.04. The number of nitriles is 1. The number of nitrogens with two attached hydrogens (primary N) is 1. The minimum absolute atomic E-state index is 0.0386. The monoisotopic (exact) mass is 244 g/mol. The largest absolute Gasteiger partial charge is 0.480 e. The van der Waals surface area contributed by atoms with Crippen LogP contribution in [0.2, 0.25) is 0 Å². The van der Waals surface area contributed by atoms with Crippen LogP contribution < -0.4 is 5.73 Å². The molecule has 0 radical (unpaired) electrons. The summed E-state index contributed by atoms with van der Waals surface area (Å²) in [6.45, 7) is -0.379. The molecule has 0 aliphatic rings. The highest BCUT2D eigenvalue weighted by Crippen LogP contribution is 2.20. The number of benzene rings is 1. The number of carboxylic acid groups (broad SMARTS) is 1. The SMILES string of the molecule is N#Cc1ccc2c(c1)c(C(N)=O)nn2CC(=O)O. The lowest BCUT2D eigenvalue weighted by Gasteiger charge is -1.98. The third kappa shape index (κ3) is 1.87. The number of fused-ring (bicyclic) bond motifs is 1. The third-order valence-corrected chi connectivity index (χ3v) is 2.40. The molecule has 0 saturated carbocycles. The van der Waals surface area contributed by atoms with Crippen molar-refractivity contribution in [2.75, 3.05) is 0 Å². The Morgan fingerprint density at radius 2 is 2.22 bits per heavy atom. The van der Waals surface area contributed by atoms with Gasteiger partial charge in [0.25, 0.3) is 5.91 Å². The van der Waals surface area contributed by atoms with Crippen molar-refractivity contribution < 1.29 is 14.7 Å². The van der Waals surface area contributed by atoms with E-state index in [-0.39, 0.29) is 12.2 Å². The van der Waals surface area contributed by atoms with Gasteiger partial charge in [0.2, 0.25) is 0 Å². The highest BCUT2D eigenvalue weighted by atomic mass is 16.4. The number of hydrogen-bond donors (Lipinski definition) is 2. The normalized spacial score (nSPS) is 10.2. The summed E-state index contributed by atoms with van der Waals surface area (Å²) >= 11 is 0. The summed E-state index contributed by atoms with van der Waals surface area (Å²) in [5.41, 5.74) is 5.93. The quantitative estimate of drug-likeness (QED) is 0.792. The van der Waals surface area contributed by atoms with Gasteiger partial charge in [-0.25, -0.2) is 0 Å². The van der Waals surface area contributed by atoms with Crippen molar-refractivity contribution in [2.45, 2.75) is 6.54 Å². The van der Waals surface area contributed by atoms with Crippen LogP contribution in [-0.2, 0) is 11.3 Å². The zero-order chi connectivity index (χ0) is 13.3. The summed E-state index contributed by atoms with van der Waals surface area (Å²) in [6.07, 6.45) is 0. The predicted octanol–water partition coefficient (Wildman–Crippen LogP) is 0.0915. The summed E-state index contributed by atoms with van der Waals surface area (Å²) in [5.74, 6) is -1.85.